The Morgan fingerprint density at radius 3 is 2.83 bits per heavy atom. The van der Waals surface area contributed by atoms with Crippen LogP contribution in [0.15, 0.2) is 23.2 Å². The van der Waals surface area contributed by atoms with Gasteiger partial charge in [-0.05, 0) is 18.6 Å². The van der Waals surface area contributed by atoms with Crippen LogP contribution in [0.2, 0.25) is 0 Å². The molecule has 1 aromatic heterocycles. The van der Waals surface area contributed by atoms with Crippen LogP contribution in [0.4, 0.5) is 0 Å². The standard InChI is InChI=1S/C10H15N3O3S2/c1-13(6-3-7-14)18(15,16)8-4-2-5-12-9(8)10(11)17/h2,4-5,14H,3,6-7H2,1H3,(H2,11,17). The summed E-state index contributed by atoms with van der Waals surface area (Å²) < 4.78 is 25.6. The molecule has 18 heavy (non-hydrogen) atoms. The van der Waals surface area contributed by atoms with E-state index in [1.165, 1.54) is 25.4 Å². The zero-order valence-electron chi connectivity index (χ0n) is 9.91. The van der Waals surface area contributed by atoms with E-state index in [9.17, 15) is 8.42 Å². The van der Waals surface area contributed by atoms with E-state index in [1.54, 1.807) is 0 Å². The molecule has 0 aliphatic heterocycles. The lowest BCUT2D eigenvalue weighted by molar-refractivity contribution is 0.275. The minimum atomic E-state index is -3.69. The van der Waals surface area contributed by atoms with Gasteiger partial charge >= 0.3 is 0 Å². The van der Waals surface area contributed by atoms with Crippen LogP contribution in [0, 0.1) is 0 Å². The molecule has 1 aromatic rings. The highest BCUT2D eigenvalue weighted by atomic mass is 32.2. The third-order valence-electron chi connectivity index (χ3n) is 2.32. The van der Waals surface area contributed by atoms with E-state index in [1.807, 2.05) is 0 Å². The van der Waals surface area contributed by atoms with Gasteiger partial charge in [0.1, 0.15) is 15.6 Å². The molecule has 0 aliphatic rings. The summed E-state index contributed by atoms with van der Waals surface area (Å²) in [4.78, 5) is 3.80. The van der Waals surface area contributed by atoms with Crippen LogP contribution >= 0.6 is 12.2 Å². The molecule has 0 spiro atoms. The molecule has 0 saturated heterocycles. The lowest BCUT2D eigenvalue weighted by Crippen LogP contribution is -2.30. The first-order valence-corrected chi connectivity index (χ1v) is 7.08. The first kappa shape index (κ1) is 15.0. The summed E-state index contributed by atoms with van der Waals surface area (Å²) in [5, 5.41) is 8.72. The van der Waals surface area contributed by atoms with Crippen molar-refractivity contribution >= 4 is 27.2 Å². The summed E-state index contributed by atoms with van der Waals surface area (Å²) in [5.74, 6) is 0. The van der Waals surface area contributed by atoms with Crippen molar-refractivity contribution in [2.24, 2.45) is 5.73 Å². The second kappa shape index (κ2) is 6.19. The van der Waals surface area contributed by atoms with Gasteiger partial charge in [0.2, 0.25) is 10.0 Å². The quantitative estimate of drug-likeness (QED) is 0.699. The van der Waals surface area contributed by atoms with Crippen LogP contribution in [0.5, 0.6) is 0 Å². The highest BCUT2D eigenvalue weighted by Gasteiger charge is 2.24. The fourth-order valence-electron chi connectivity index (χ4n) is 1.37. The zero-order chi connectivity index (χ0) is 13.8. The van der Waals surface area contributed by atoms with E-state index >= 15 is 0 Å². The van der Waals surface area contributed by atoms with Gasteiger partial charge in [-0.25, -0.2) is 12.7 Å². The lowest BCUT2D eigenvalue weighted by Gasteiger charge is -2.17. The van der Waals surface area contributed by atoms with Crippen molar-refractivity contribution in [3.05, 3.63) is 24.0 Å². The zero-order valence-corrected chi connectivity index (χ0v) is 11.5. The minimum absolute atomic E-state index is 0.0158. The topological polar surface area (TPSA) is 96.5 Å². The average molecular weight is 289 g/mol. The Bertz CT molecular complexity index is 531. The van der Waals surface area contributed by atoms with Gasteiger partial charge in [0.25, 0.3) is 0 Å². The summed E-state index contributed by atoms with van der Waals surface area (Å²) in [6.45, 7) is 0.138. The Balaban J connectivity index is 3.16. The Morgan fingerprint density at radius 2 is 2.28 bits per heavy atom. The predicted molar refractivity (Wildman–Crippen MR) is 71.6 cm³/mol. The summed E-state index contributed by atoms with van der Waals surface area (Å²) in [6.07, 6.45) is 1.79. The van der Waals surface area contributed by atoms with Crippen molar-refractivity contribution in [2.75, 3.05) is 20.2 Å². The molecular formula is C10H15N3O3S2. The van der Waals surface area contributed by atoms with Crippen molar-refractivity contribution in [1.29, 1.82) is 0 Å². The molecule has 100 valence electrons. The third kappa shape index (κ3) is 3.22. The van der Waals surface area contributed by atoms with E-state index in [4.69, 9.17) is 23.1 Å². The summed E-state index contributed by atoms with van der Waals surface area (Å²) in [7, 11) is -2.26. The average Bonchev–Trinajstić information content (AvgIpc) is 2.35. The molecule has 0 saturated carbocycles. The van der Waals surface area contributed by atoms with E-state index in [0.717, 1.165) is 4.31 Å². The molecular weight excluding hydrogens is 274 g/mol. The van der Waals surface area contributed by atoms with Crippen molar-refractivity contribution in [2.45, 2.75) is 11.3 Å². The van der Waals surface area contributed by atoms with Crippen molar-refractivity contribution in [3.8, 4) is 0 Å². The van der Waals surface area contributed by atoms with Gasteiger partial charge in [0.15, 0.2) is 0 Å². The van der Waals surface area contributed by atoms with Gasteiger partial charge < -0.3 is 10.8 Å². The fourth-order valence-corrected chi connectivity index (χ4v) is 2.96. The second-order valence-electron chi connectivity index (χ2n) is 3.62. The van der Waals surface area contributed by atoms with Crippen molar-refractivity contribution < 1.29 is 13.5 Å². The number of pyridine rings is 1. The molecule has 0 aliphatic carbocycles. The van der Waals surface area contributed by atoms with E-state index in [2.05, 4.69) is 4.98 Å². The molecule has 0 amide bonds. The number of rotatable bonds is 6. The van der Waals surface area contributed by atoms with Crippen LogP contribution in [0.1, 0.15) is 12.1 Å². The maximum absolute atomic E-state index is 12.3. The molecule has 1 heterocycles. The molecule has 0 atom stereocenters. The van der Waals surface area contributed by atoms with Gasteiger partial charge in [0, 0.05) is 26.4 Å². The van der Waals surface area contributed by atoms with Crippen LogP contribution in [0.25, 0.3) is 0 Å². The number of thiocarbonyl (C=S) groups is 1. The molecule has 0 aromatic carbocycles. The van der Waals surface area contributed by atoms with Crippen molar-refractivity contribution in [1.82, 2.24) is 9.29 Å². The number of aliphatic hydroxyl groups excluding tert-OH is 1. The largest absolute Gasteiger partial charge is 0.396 e. The summed E-state index contributed by atoms with van der Waals surface area (Å²) >= 11 is 4.78. The number of hydrogen-bond donors (Lipinski definition) is 2. The van der Waals surface area contributed by atoms with Crippen LogP contribution in [-0.4, -0.2) is 48.0 Å². The van der Waals surface area contributed by atoms with Crippen LogP contribution in [-0.2, 0) is 10.0 Å². The molecule has 1 rings (SSSR count). The van der Waals surface area contributed by atoms with Gasteiger partial charge in [-0.1, -0.05) is 12.2 Å². The van der Waals surface area contributed by atoms with Crippen molar-refractivity contribution in [3.63, 3.8) is 0 Å². The molecule has 6 nitrogen and oxygen atoms in total. The van der Waals surface area contributed by atoms with E-state index in [-0.39, 0.29) is 28.7 Å². The van der Waals surface area contributed by atoms with E-state index < -0.39 is 10.0 Å². The Hall–Kier alpha value is -1.09. The monoisotopic (exact) mass is 289 g/mol. The lowest BCUT2D eigenvalue weighted by atomic mass is 10.3. The van der Waals surface area contributed by atoms with Gasteiger partial charge in [-0.2, -0.15) is 0 Å². The van der Waals surface area contributed by atoms with Gasteiger partial charge in [-0.3, -0.25) is 4.98 Å². The Morgan fingerprint density at radius 1 is 1.61 bits per heavy atom. The number of aromatic nitrogens is 1. The molecule has 0 radical (unpaired) electrons. The highest BCUT2D eigenvalue weighted by molar-refractivity contribution is 7.89. The van der Waals surface area contributed by atoms with Gasteiger partial charge in [-0.15, -0.1) is 0 Å². The Kier molecular flexibility index (Phi) is 5.15. The summed E-state index contributed by atoms with van der Waals surface area (Å²) in [5.41, 5.74) is 5.54. The smallest absolute Gasteiger partial charge is 0.245 e. The van der Waals surface area contributed by atoms with Crippen LogP contribution < -0.4 is 5.73 Å². The van der Waals surface area contributed by atoms with Gasteiger partial charge in [0.05, 0.1) is 0 Å². The number of aliphatic hydroxyl groups is 1. The highest BCUT2D eigenvalue weighted by Crippen LogP contribution is 2.17. The fraction of sp³-hybridized carbons (Fsp3) is 0.400. The number of hydrogen-bond acceptors (Lipinski definition) is 5. The molecule has 3 N–H and O–H groups in total. The predicted octanol–water partition coefficient (Wildman–Crippen LogP) is -0.281. The molecule has 0 bridgehead atoms. The van der Waals surface area contributed by atoms with E-state index in [0.29, 0.717) is 6.42 Å². The third-order valence-corrected chi connectivity index (χ3v) is 4.41. The normalized spacial score (nSPS) is 11.7. The summed E-state index contributed by atoms with van der Waals surface area (Å²) in [6, 6.07) is 2.92. The maximum atomic E-state index is 12.3. The Labute approximate surface area is 111 Å². The molecule has 0 unspecified atom stereocenters. The first-order chi connectivity index (χ1) is 8.41. The number of nitrogens with two attached hydrogens (primary N) is 1. The first-order valence-electron chi connectivity index (χ1n) is 5.23. The molecule has 0 fully saturated rings. The second-order valence-corrected chi connectivity index (χ2v) is 6.07. The maximum Gasteiger partial charge on any atom is 0.245 e. The SMILES string of the molecule is CN(CCCO)S(=O)(=O)c1cccnc1C(N)=S. The van der Waals surface area contributed by atoms with Crippen LogP contribution in [0.3, 0.4) is 0 Å². The number of nitrogens with zero attached hydrogens (tertiary/aromatic N) is 2. The minimum Gasteiger partial charge on any atom is -0.396 e. The molecule has 8 heteroatoms. The number of sulfonamides is 1.